The van der Waals surface area contributed by atoms with Gasteiger partial charge in [0.25, 0.3) is 5.91 Å². The van der Waals surface area contributed by atoms with Crippen molar-refractivity contribution in [3.05, 3.63) is 53.2 Å². The number of carboxylic acids is 1. The third kappa shape index (κ3) is 3.87. The summed E-state index contributed by atoms with van der Waals surface area (Å²) in [6, 6.07) is 7.93. The van der Waals surface area contributed by atoms with Gasteiger partial charge in [0.05, 0.1) is 12.6 Å². The zero-order chi connectivity index (χ0) is 22.2. The first kappa shape index (κ1) is 19.7. The van der Waals surface area contributed by atoms with E-state index in [1.54, 1.807) is 36.4 Å². The topological polar surface area (TPSA) is 151 Å². The molecule has 2 aromatic heterocycles. The summed E-state index contributed by atoms with van der Waals surface area (Å²) in [4.78, 5) is 44.3. The van der Waals surface area contributed by atoms with Crippen molar-refractivity contribution in [2.24, 2.45) is 0 Å². The van der Waals surface area contributed by atoms with Crippen LogP contribution in [0.3, 0.4) is 0 Å². The predicted molar refractivity (Wildman–Crippen MR) is 114 cm³/mol. The van der Waals surface area contributed by atoms with Gasteiger partial charge in [-0.3, -0.25) is 14.9 Å². The molecule has 11 heteroatoms. The standard InChI is InChI=1S/C21H19N7O4/c29-15-9-12(18(30)24-15)8-13-10-22-28-17(13)26-20(27-21(28)23-14-6-7-14)25-16(19(31)32)11-4-2-1-3-5-11/h1-5,8,10,14,16H,6-7,9H2,(H,31,32)(H,24,29,30)(H2,23,25,26,27)/b12-8+. The van der Waals surface area contributed by atoms with Crippen molar-refractivity contribution in [2.45, 2.75) is 31.3 Å². The van der Waals surface area contributed by atoms with E-state index in [0.29, 0.717) is 28.3 Å². The summed E-state index contributed by atoms with van der Waals surface area (Å²) in [6.07, 6.45) is 5.06. The van der Waals surface area contributed by atoms with Crippen LogP contribution < -0.4 is 16.0 Å². The first-order valence-electron chi connectivity index (χ1n) is 10.1. The third-order valence-corrected chi connectivity index (χ3v) is 5.18. The molecule has 3 heterocycles. The molecular formula is C21H19N7O4. The molecule has 1 aromatic carbocycles. The van der Waals surface area contributed by atoms with Crippen molar-refractivity contribution in [1.82, 2.24) is 24.9 Å². The van der Waals surface area contributed by atoms with E-state index in [1.165, 1.54) is 10.7 Å². The Morgan fingerprint density at radius 2 is 2.00 bits per heavy atom. The van der Waals surface area contributed by atoms with E-state index in [2.05, 4.69) is 31.0 Å². The number of benzene rings is 1. The van der Waals surface area contributed by atoms with E-state index >= 15 is 0 Å². The Labute approximate surface area is 181 Å². The minimum atomic E-state index is -1.08. The first-order valence-corrected chi connectivity index (χ1v) is 10.1. The van der Waals surface area contributed by atoms with Crippen molar-refractivity contribution in [1.29, 1.82) is 0 Å². The average Bonchev–Trinajstić information content (AvgIpc) is 3.41. The Bertz CT molecular complexity index is 1260. The second kappa shape index (κ2) is 7.76. The molecule has 32 heavy (non-hydrogen) atoms. The fourth-order valence-electron chi connectivity index (χ4n) is 3.44. The number of carbonyl (C=O) groups is 3. The molecule has 3 aromatic rings. The Morgan fingerprint density at radius 3 is 2.66 bits per heavy atom. The minimum Gasteiger partial charge on any atom is -0.479 e. The van der Waals surface area contributed by atoms with Crippen LogP contribution in [0, 0.1) is 0 Å². The van der Waals surface area contributed by atoms with Gasteiger partial charge in [-0.15, -0.1) is 0 Å². The summed E-state index contributed by atoms with van der Waals surface area (Å²) in [6.45, 7) is 0. The van der Waals surface area contributed by atoms with Crippen LogP contribution in [0.4, 0.5) is 11.9 Å². The van der Waals surface area contributed by atoms with E-state index in [-0.39, 0.29) is 24.3 Å². The van der Waals surface area contributed by atoms with Gasteiger partial charge in [0.2, 0.25) is 17.8 Å². The molecule has 4 N–H and O–H groups in total. The van der Waals surface area contributed by atoms with E-state index in [0.717, 1.165) is 12.8 Å². The van der Waals surface area contributed by atoms with Crippen LogP contribution in [0.1, 0.15) is 36.4 Å². The number of anilines is 2. The maximum Gasteiger partial charge on any atom is 0.330 e. The zero-order valence-corrected chi connectivity index (χ0v) is 16.8. The number of nitrogens with one attached hydrogen (secondary N) is 3. The van der Waals surface area contributed by atoms with Gasteiger partial charge in [-0.2, -0.15) is 19.6 Å². The molecule has 0 spiro atoms. The Morgan fingerprint density at radius 1 is 1.22 bits per heavy atom. The molecule has 1 unspecified atom stereocenters. The highest BCUT2D eigenvalue weighted by molar-refractivity contribution is 6.15. The van der Waals surface area contributed by atoms with E-state index in [1.807, 2.05) is 0 Å². The number of hydrogen-bond donors (Lipinski definition) is 4. The van der Waals surface area contributed by atoms with Gasteiger partial charge in [-0.1, -0.05) is 30.3 Å². The number of amides is 2. The van der Waals surface area contributed by atoms with Gasteiger partial charge < -0.3 is 15.7 Å². The molecule has 2 amide bonds. The number of carboxylic acid groups (broad SMARTS) is 1. The molecule has 11 nitrogen and oxygen atoms in total. The highest BCUT2D eigenvalue weighted by Crippen LogP contribution is 2.27. The number of rotatable bonds is 7. The molecular weight excluding hydrogens is 414 g/mol. The Kier molecular flexibility index (Phi) is 4.77. The Balaban J connectivity index is 1.56. The quantitative estimate of drug-likeness (QED) is 0.320. The molecule has 5 rings (SSSR count). The summed E-state index contributed by atoms with van der Waals surface area (Å²) in [7, 11) is 0. The lowest BCUT2D eigenvalue weighted by molar-refractivity contribution is -0.138. The highest BCUT2D eigenvalue weighted by Gasteiger charge is 2.27. The highest BCUT2D eigenvalue weighted by atomic mass is 16.4. The minimum absolute atomic E-state index is 0.0192. The third-order valence-electron chi connectivity index (χ3n) is 5.18. The molecule has 1 aliphatic heterocycles. The van der Waals surface area contributed by atoms with Gasteiger partial charge in [0.1, 0.15) is 0 Å². The molecule has 2 aliphatic rings. The number of imide groups is 1. The summed E-state index contributed by atoms with van der Waals surface area (Å²) in [5.41, 5.74) is 1.75. The maximum atomic E-state index is 12.0. The van der Waals surface area contributed by atoms with Crippen molar-refractivity contribution >= 4 is 41.4 Å². The summed E-state index contributed by atoms with van der Waals surface area (Å²) in [5, 5.41) is 22.5. The van der Waals surface area contributed by atoms with Gasteiger partial charge in [0.15, 0.2) is 11.7 Å². The van der Waals surface area contributed by atoms with Crippen LogP contribution >= 0.6 is 0 Å². The first-order chi connectivity index (χ1) is 15.5. The maximum absolute atomic E-state index is 12.0. The number of fused-ring (bicyclic) bond motifs is 1. The molecule has 1 saturated carbocycles. The van der Waals surface area contributed by atoms with Crippen LogP contribution in [-0.2, 0) is 14.4 Å². The monoisotopic (exact) mass is 433 g/mol. The average molecular weight is 433 g/mol. The van der Waals surface area contributed by atoms with Crippen LogP contribution in [0.2, 0.25) is 0 Å². The van der Waals surface area contributed by atoms with E-state index in [9.17, 15) is 19.5 Å². The summed E-state index contributed by atoms with van der Waals surface area (Å²) in [5.74, 6) is -1.38. The molecule has 162 valence electrons. The second-order valence-electron chi connectivity index (χ2n) is 7.67. The van der Waals surface area contributed by atoms with E-state index < -0.39 is 17.9 Å². The molecule has 2 fully saturated rings. The lowest BCUT2D eigenvalue weighted by Crippen LogP contribution is -2.22. The lowest BCUT2D eigenvalue weighted by atomic mass is 10.1. The van der Waals surface area contributed by atoms with Crippen molar-refractivity contribution < 1.29 is 19.5 Å². The smallest absolute Gasteiger partial charge is 0.330 e. The van der Waals surface area contributed by atoms with Crippen LogP contribution in [0.15, 0.2) is 42.1 Å². The number of hydrogen-bond acceptors (Lipinski definition) is 8. The molecule has 1 saturated heterocycles. The van der Waals surface area contributed by atoms with Crippen LogP contribution in [-0.4, -0.2) is 48.5 Å². The fraction of sp³-hybridized carbons (Fsp3) is 0.238. The number of nitrogens with zero attached hydrogens (tertiary/aromatic N) is 4. The van der Waals surface area contributed by atoms with Crippen molar-refractivity contribution in [3.8, 4) is 0 Å². The molecule has 1 aliphatic carbocycles. The van der Waals surface area contributed by atoms with Gasteiger partial charge >= 0.3 is 5.97 Å². The van der Waals surface area contributed by atoms with Crippen molar-refractivity contribution in [3.63, 3.8) is 0 Å². The number of aromatic nitrogens is 4. The SMILES string of the molecule is O=C1C/C(=C\c2cnn3c(NC4CC4)nc(NC(C(=O)O)c4ccccc4)nc23)C(=O)N1. The van der Waals surface area contributed by atoms with Crippen LogP contribution in [0.25, 0.3) is 11.7 Å². The fourth-order valence-corrected chi connectivity index (χ4v) is 3.44. The Hall–Kier alpha value is -4.28. The van der Waals surface area contributed by atoms with Gasteiger partial charge in [0, 0.05) is 17.2 Å². The molecule has 0 radical (unpaired) electrons. The largest absolute Gasteiger partial charge is 0.479 e. The number of carbonyl (C=O) groups excluding carboxylic acids is 2. The van der Waals surface area contributed by atoms with E-state index in [4.69, 9.17) is 0 Å². The lowest BCUT2D eigenvalue weighted by Gasteiger charge is -2.16. The summed E-state index contributed by atoms with van der Waals surface area (Å²) >= 11 is 0. The zero-order valence-electron chi connectivity index (χ0n) is 16.8. The molecule has 0 bridgehead atoms. The van der Waals surface area contributed by atoms with Crippen LogP contribution in [0.5, 0.6) is 0 Å². The number of aliphatic carboxylic acids is 1. The van der Waals surface area contributed by atoms with Crippen molar-refractivity contribution in [2.75, 3.05) is 10.6 Å². The predicted octanol–water partition coefficient (Wildman–Crippen LogP) is 1.37. The second-order valence-corrected chi connectivity index (χ2v) is 7.67. The van der Waals surface area contributed by atoms with Gasteiger partial charge in [-0.25, -0.2) is 4.79 Å². The van der Waals surface area contributed by atoms with Gasteiger partial charge in [-0.05, 0) is 24.5 Å². The summed E-state index contributed by atoms with van der Waals surface area (Å²) < 4.78 is 1.50. The molecule has 1 atom stereocenters. The normalized spacial score (nSPS) is 18.1.